The van der Waals surface area contributed by atoms with Crippen molar-refractivity contribution in [3.8, 4) is 5.69 Å². The SMILES string of the molecule is C[C@@H]1CCCN(C(=O)c2cc(F)c(F)cc2-n2nccn2)[C@@H]1CNc1nc2ccc(F)cc2o1. The molecule has 1 aliphatic heterocycles. The normalized spacial score (nSPS) is 18.4. The number of fused-ring (bicyclic) bond motifs is 1. The van der Waals surface area contributed by atoms with Crippen molar-refractivity contribution in [3.05, 3.63) is 65.7 Å². The first-order valence-electron chi connectivity index (χ1n) is 10.9. The number of likely N-dealkylation sites (tertiary alicyclic amines) is 1. The Kier molecular flexibility index (Phi) is 5.68. The lowest BCUT2D eigenvalue weighted by molar-refractivity contribution is 0.0538. The van der Waals surface area contributed by atoms with Gasteiger partial charge in [-0.05, 0) is 37.0 Å². The summed E-state index contributed by atoms with van der Waals surface area (Å²) in [5, 5.41) is 11.0. The van der Waals surface area contributed by atoms with Crippen LogP contribution in [0.2, 0.25) is 0 Å². The Bertz CT molecular complexity index is 1340. The number of hydrogen-bond acceptors (Lipinski definition) is 6. The quantitative estimate of drug-likeness (QED) is 0.471. The third-order valence-electron chi connectivity index (χ3n) is 6.09. The molecule has 1 aliphatic rings. The first-order valence-corrected chi connectivity index (χ1v) is 10.9. The Labute approximate surface area is 192 Å². The van der Waals surface area contributed by atoms with Crippen LogP contribution >= 0.6 is 0 Å². The van der Waals surface area contributed by atoms with E-state index in [0.717, 1.165) is 29.8 Å². The first-order chi connectivity index (χ1) is 16.4. The number of amides is 1. The van der Waals surface area contributed by atoms with Gasteiger partial charge < -0.3 is 14.6 Å². The van der Waals surface area contributed by atoms with E-state index in [1.54, 1.807) is 4.90 Å². The Morgan fingerprint density at radius 3 is 2.71 bits per heavy atom. The van der Waals surface area contributed by atoms with E-state index in [0.29, 0.717) is 24.2 Å². The smallest absolute Gasteiger partial charge is 0.295 e. The van der Waals surface area contributed by atoms with Crippen LogP contribution in [-0.4, -0.2) is 49.9 Å². The highest BCUT2D eigenvalue weighted by molar-refractivity contribution is 5.98. The second-order valence-electron chi connectivity index (χ2n) is 8.30. The van der Waals surface area contributed by atoms with Gasteiger partial charge in [-0.25, -0.2) is 13.2 Å². The van der Waals surface area contributed by atoms with Gasteiger partial charge in [0.1, 0.15) is 17.0 Å². The molecule has 0 spiro atoms. The maximum absolute atomic E-state index is 14.1. The fourth-order valence-electron chi connectivity index (χ4n) is 4.35. The van der Waals surface area contributed by atoms with Crippen LogP contribution in [0.1, 0.15) is 30.1 Å². The molecule has 0 radical (unpaired) electrons. The summed E-state index contributed by atoms with van der Waals surface area (Å²) in [6, 6.07) is 5.80. The molecule has 34 heavy (non-hydrogen) atoms. The molecule has 1 saturated heterocycles. The number of anilines is 1. The number of piperidine rings is 1. The topological polar surface area (TPSA) is 89.1 Å². The zero-order valence-electron chi connectivity index (χ0n) is 18.2. The Morgan fingerprint density at radius 1 is 1.15 bits per heavy atom. The number of carbonyl (C=O) groups excluding carboxylic acids is 1. The third kappa shape index (κ3) is 4.09. The van der Waals surface area contributed by atoms with Gasteiger partial charge >= 0.3 is 0 Å². The van der Waals surface area contributed by atoms with Gasteiger partial charge in [-0.1, -0.05) is 6.92 Å². The Hall–Kier alpha value is -3.89. The number of rotatable bonds is 5. The van der Waals surface area contributed by atoms with E-state index < -0.39 is 23.4 Å². The van der Waals surface area contributed by atoms with Crippen LogP contribution in [0.15, 0.2) is 47.1 Å². The maximum atomic E-state index is 14.1. The molecule has 0 bridgehead atoms. The van der Waals surface area contributed by atoms with Crippen LogP contribution in [0.3, 0.4) is 0 Å². The molecule has 5 rings (SSSR count). The zero-order chi connectivity index (χ0) is 23.8. The van der Waals surface area contributed by atoms with Gasteiger partial charge in [-0.3, -0.25) is 4.79 Å². The van der Waals surface area contributed by atoms with Gasteiger partial charge in [0, 0.05) is 25.2 Å². The van der Waals surface area contributed by atoms with E-state index in [4.69, 9.17) is 4.42 Å². The number of carbonyl (C=O) groups is 1. The van der Waals surface area contributed by atoms with Crippen molar-refractivity contribution < 1.29 is 22.4 Å². The van der Waals surface area contributed by atoms with Crippen molar-refractivity contribution in [3.63, 3.8) is 0 Å². The van der Waals surface area contributed by atoms with E-state index in [1.807, 2.05) is 6.92 Å². The van der Waals surface area contributed by atoms with Gasteiger partial charge in [0.15, 0.2) is 17.2 Å². The molecule has 4 aromatic rings. The Morgan fingerprint density at radius 2 is 1.91 bits per heavy atom. The summed E-state index contributed by atoms with van der Waals surface area (Å²) in [4.78, 5) is 20.6. The van der Waals surface area contributed by atoms with Crippen molar-refractivity contribution in [1.82, 2.24) is 24.9 Å². The van der Waals surface area contributed by atoms with Crippen LogP contribution in [0, 0.1) is 23.4 Å². The minimum absolute atomic E-state index is 0.0356. The summed E-state index contributed by atoms with van der Waals surface area (Å²) in [6.45, 7) is 2.77. The summed E-state index contributed by atoms with van der Waals surface area (Å²) in [7, 11) is 0. The molecule has 0 unspecified atom stereocenters. The van der Waals surface area contributed by atoms with Crippen molar-refractivity contribution in [2.75, 3.05) is 18.4 Å². The molecule has 176 valence electrons. The monoisotopic (exact) mass is 470 g/mol. The summed E-state index contributed by atoms with van der Waals surface area (Å²) < 4.78 is 47.2. The standard InChI is InChI=1S/C23H21F3N6O2/c1-13-3-2-8-31(20(13)12-27-23-30-18-5-4-14(24)9-21(18)34-23)22(33)15-10-16(25)17(26)11-19(15)32-28-6-7-29-32/h4-7,9-11,13,20H,2-3,8,12H2,1H3,(H,27,30)/t13-,20-/m1/s1. The number of nitrogens with zero attached hydrogens (tertiary/aromatic N) is 5. The lowest BCUT2D eigenvalue weighted by atomic mass is 9.90. The molecule has 0 aliphatic carbocycles. The fraction of sp³-hybridized carbons (Fsp3) is 0.304. The molecule has 2 aromatic carbocycles. The lowest BCUT2D eigenvalue weighted by Crippen LogP contribution is -2.51. The van der Waals surface area contributed by atoms with Gasteiger partial charge in [-0.15, -0.1) is 0 Å². The molecular weight excluding hydrogens is 449 g/mol. The molecule has 1 amide bonds. The molecule has 2 aromatic heterocycles. The number of nitrogens with one attached hydrogen (secondary N) is 1. The second-order valence-corrected chi connectivity index (χ2v) is 8.30. The van der Waals surface area contributed by atoms with Crippen LogP contribution in [0.5, 0.6) is 0 Å². The zero-order valence-corrected chi connectivity index (χ0v) is 18.2. The molecular formula is C23H21F3N6O2. The minimum atomic E-state index is -1.13. The van der Waals surface area contributed by atoms with Crippen LogP contribution < -0.4 is 5.32 Å². The molecule has 3 heterocycles. The molecule has 1 N–H and O–H groups in total. The van der Waals surface area contributed by atoms with Crippen molar-refractivity contribution >= 4 is 23.0 Å². The molecule has 2 atom stereocenters. The van der Waals surface area contributed by atoms with E-state index >= 15 is 0 Å². The number of benzene rings is 2. The minimum Gasteiger partial charge on any atom is -0.423 e. The van der Waals surface area contributed by atoms with Crippen molar-refractivity contribution in [2.45, 2.75) is 25.8 Å². The highest BCUT2D eigenvalue weighted by Crippen LogP contribution is 2.28. The van der Waals surface area contributed by atoms with Gasteiger partial charge in [0.25, 0.3) is 11.9 Å². The molecule has 11 heteroatoms. The second kappa shape index (κ2) is 8.81. The van der Waals surface area contributed by atoms with Crippen LogP contribution in [-0.2, 0) is 0 Å². The highest BCUT2D eigenvalue weighted by atomic mass is 19.2. The first kappa shape index (κ1) is 21.9. The Balaban J connectivity index is 1.42. The van der Waals surface area contributed by atoms with Crippen LogP contribution in [0.25, 0.3) is 16.8 Å². The number of oxazole rings is 1. The predicted octanol–water partition coefficient (Wildman–Crippen LogP) is 4.18. The van der Waals surface area contributed by atoms with E-state index in [2.05, 4.69) is 20.5 Å². The van der Waals surface area contributed by atoms with E-state index in [1.165, 1.54) is 30.6 Å². The molecule has 0 saturated carbocycles. The summed E-state index contributed by atoms with van der Waals surface area (Å²) in [6.07, 6.45) is 4.43. The van der Waals surface area contributed by atoms with E-state index in [9.17, 15) is 18.0 Å². The highest BCUT2D eigenvalue weighted by Gasteiger charge is 2.34. The van der Waals surface area contributed by atoms with E-state index in [-0.39, 0.29) is 29.2 Å². The molecule has 1 fully saturated rings. The average molecular weight is 470 g/mol. The summed E-state index contributed by atoms with van der Waals surface area (Å²) >= 11 is 0. The van der Waals surface area contributed by atoms with Crippen molar-refractivity contribution in [1.29, 1.82) is 0 Å². The average Bonchev–Trinajstić information content (AvgIpc) is 3.49. The number of aromatic nitrogens is 4. The third-order valence-corrected chi connectivity index (χ3v) is 6.09. The van der Waals surface area contributed by atoms with Gasteiger partial charge in [-0.2, -0.15) is 20.0 Å². The molecule has 8 nitrogen and oxygen atoms in total. The number of halogens is 3. The maximum Gasteiger partial charge on any atom is 0.295 e. The summed E-state index contributed by atoms with van der Waals surface area (Å²) in [5.41, 5.74) is 0.836. The van der Waals surface area contributed by atoms with Crippen molar-refractivity contribution in [2.24, 2.45) is 5.92 Å². The largest absolute Gasteiger partial charge is 0.423 e. The summed E-state index contributed by atoms with van der Waals surface area (Å²) in [5.74, 6) is -2.99. The van der Waals surface area contributed by atoms with Gasteiger partial charge in [0.2, 0.25) is 0 Å². The fourth-order valence-corrected chi connectivity index (χ4v) is 4.35. The van der Waals surface area contributed by atoms with Gasteiger partial charge in [0.05, 0.1) is 24.0 Å². The van der Waals surface area contributed by atoms with Crippen LogP contribution in [0.4, 0.5) is 19.2 Å². The lowest BCUT2D eigenvalue weighted by Gasteiger charge is -2.40. The number of hydrogen-bond donors (Lipinski definition) is 1. The predicted molar refractivity (Wildman–Crippen MR) is 117 cm³/mol.